The van der Waals surface area contributed by atoms with E-state index < -0.39 is 5.82 Å². The number of anilines is 1. The first kappa shape index (κ1) is 10.1. The lowest BCUT2D eigenvalue weighted by atomic mass is 10.1. The third-order valence-electron chi connectivity index (χ3n) is 2.79. The molecule has 0 aromatic heterocycles. The van der Waals surface area contributed by atoms with Crippen molar-refractivity contribution < 1.29 is 9.18 Å². The first-order valence-electron chi connectivity index (χ1n) is 5.24. The Morgan fingerprint density at radius 1 is 1.33 bits per heavy atom. The average molecular weight is 207 g/mol. The minimum atomic E-state index is -0.410. The summed E-state index contributed by atoms with van der Waals surface area (Å²) in [5, 5.41) is 0. The van der Waals surface area contributed by atoms with Crippen LogP contribution in [0.4, 0.5) is 10.1 Å². The van der Waals surface area contributed by atoms with Crippen LogP contribution in [0.25, 0.3) is 0 Å². The second kappa shape index (κ2) is 4.01. The third kappa shape index (κ3) is 1.87. The van der Waals surface area contributed by atoms with Gasteiger partial charge in [-0.05, 0) is 31.9 Å². The molecule has 0 saturated carbocycles. The van der Waals surface area contributed by atoms with Gasteiger partial charge in [-0.2, -0.15) is 0 Å². The van der Waals surface area contributed by atoms with E-state index in [0.29, 0.717) is 0 Å². The first-order valence-corrected chi connectivity index (χ1v) is 5.24. The quantitative estimate of drug-likeness (QED) is 0.695. The molecular formula is C12H14FNO. The predicted molar refractivity (Wildman–Crippen MR) is 57.9 cm³/mol. The van der Waals surface area contributed by atoms with Gasteiger partial charge in [-0.1, -0.05) is 6.07 Å². The van der Waals surface area contributed by atoms with Crippen LogP contribution in [0.15, 0.2) is 18.2 Å². The molecule has 0 aliphatic carbocycles. The normalized spacial score (nSPS) is 15.7. The minimum Gasteiger partial charge on any atom is -0.371 e. The van der Waals surface area contributed by atoms with Gasteiger partial charge >= 0.3 is 0 Å². The van der Waals surface area contributed by atoms with E-state index in [-0.39, 0.29) is 11.3 Å². The van der Waals surface area contributed by atoms with E-state index in [1.54, 1.807) is 6.07 Å². The Morgan fingerprint density at radius 2 is 2.00 bits per heavy atom. The van der Waals surface area contributed by atoms with E-state index in [9.17, 15) is 9.18 Å². The van der Waals surface area contributed by atoms with Gasteiger partial charge in [0.05, 0.1) is 11.3 Å². The number of rotatable bonds is 2. The Hall–Kier alpha value is -1.38. The van der Waals surface area contributed by atoms with Crippen LogP contribution in [-0.4, -0.2) is 18.9 Å². The third-order valence-corrected chi connectivity index (χ3v) is 2.79. The summed E-state index contributed by atoms with van der Waals surface area (Å²) in [5.41, 5.74) is 0.986. The highest BCUT2D eigenvalue weighted by Gasteiger charge is 2.20. The largest absolute Gasteiger partial charge is 0.371 e. The number of ketones is 1. The molecule has 0 atom stereocenters. The first-order chi connectivity index (χ1) is 7.20. The fraction of sp³-hybridized carbons (Fsp3) is 0.417. The van der Waals surface area contributed by atoms with Crippen LogP contribution in [0.2, 0.25) is 0 Å². The zero-order valence-corrected chi connectivity index (χ0v) is 8.79. The SMILES string of the molecule is CC(=O)c1c(F)cccc1N1CCCC1. The molecule has 1 aliphatic rings. The van der Waals surface area contributed by atoms with Crippen molar-refractivity contribution >= 4 is 11.5 Å². The summed E-state index contributed by atoms with van der Waals surface area (Å²) in [4.78, 5) is 13.5. The Kier molecular flexibility index (Phi) is 2.71. The molecular weight excluding hydrogens is 193 g/mol. The number of carbonyl (C=O) groups is 1. The molecule has 2 nitrogen and oxygen atoms in total. The van der Waals surface area contributed by atoms with Gasteiger partial charge in [0, 0.05) is 13.1 Å². The van der Waals surface area contributed by atoms with Crippen molar-refractivity contribution in [1.29, 1.82) is 0 Å². The summed E-state index contributed by atoms with van der Waals surface area (Å²) in [6.45, 7) is 3.26. The molecule has 0 bridgehead atoms. The topological polar surface area (TPSA) is 20.3 Å². The van der Waals surface area contributed by atoms with E-state index >= 15 is 0 Å². The number of halogens is 1. The summed E-state index contributed by atoms with van der Waals surface area (Å²) in [6.07, 6.45) is 2.24. The summed E-state index contributed by atoms with van der Waals surface area (Å²) < 4.78 is 13.5. The number of Topliss-reactive ketones (excluding diaryl/α,β-unsaturated/α-hetero) is 1. The Bertz CT molecular complexity index is 383. The number of nitrogens with zero attached hydrogens (tertiary/aromatic N) is 1. The second-order valence-electron chi connectivity index (χ2n) is 3.88. The standard InChI is InChI=1S/C12H14FNO/c1-9(15)12-10(13)5-4-6-11(12)14-7-2-3-8-14/h4-6H,2-3,7-8H2,1H3. The van der Waals surface area contributed by atoms with Crippen LogP contribution in [0.1, 0.15) is 30.1 Å². The van der Waals surface area contributed by atoms with Crippen molar-refractivity contribution in [3.63, 3.8) is 0 Å². The van der Waals surface area contributed by atoms with Crippen molar-refractivity contribution in [3.8, 4) is 0 Å². The van der Waals surface area contributed by atoms with E-state index in [2.05, 4.69) is 4.90 Å². The average Bonchev–Trinajstić information content (AvgIpc) is 2.69. The van der Waals surface area contributed by atoms with Crippen molar-refractivity contribution in [3.05, 3.63) is 29.6 Å². The van der Waals surface area contributed by atoms with Crippen LogP contribution in [0.3, 0.4) is 0 Å². The lowest BCUT2D eigenvalue weighted by Gasteiger charge is -2.20. The van der Waals surface area contributed by atoms with Crippen LogP contribution in [-0.2, 0) is 0 Å². The Morgan fingerprint density at radius 3 is 2.60 bits per heavy atom. The molecule has 1 aromatic carbocycles. The Balaban J connectivity index is 2.45. The van der Waals surface area contributed by atoms with Gasteiger partial charge in [-0.25, -0.2) is 4.39 Å². The molecule has 1 saturated heterocycles. The van der Waals surface area contributed by atoms with Crippen molar-refractivity contribution in [2.75, 3.05) is 18.0 Å². The molecule has 0 N–H and O–H groups in total. The minimum absolute atomic E-state index is 0.199. The second-order valence-corrected chi connectivity index (χ2v) is 3.88. The summed E-state index contributed by atoms with van der Waals surface area (Å²) >= 11 is 0. The van der Waals surface area contributed by atoms with Crippen molar-refractivity contribution in [2.45, 2.75) is 19.8 Å². The van der Waals surface area contributed by atoms with Crippen molar-refractivity contribution in [1.82, 2.24) is 0 Å². The molecule has 3 heteroatoms. The van der Waals surface area contributed by atoms with Crippen LogP contribution >= 0.6 is 0 Å². The maximum absolute atomic E-state index is 13.5. The van der Waals surface area contributed by atoms with E-state index in [0.717, 1.165) is 31.6 Å². The number of hydrogen-bond acceptors (Lipinski definition) is 2. The van der Waals surface area contributed by atoms with Crippen LogP contribution in [0, 0.1) is 5.82 Å². The fourth-order valence-electron chi connectivity index (χ4n) is 2.08. The maximum Gasteiger partial charge on any atom is 0.164 e. The maximum atomic E-state index is 13.5. The van der Waals surface area contributed by atoms with E-state index in [1.807, 2.05) is 6.07 Å². The van der Waals surface area contributed by atoms with Crippen LogP contribution in [0.5, 0.6) is 0 Å². The molecule has 0 spiro atoms. The molecule has 2 rings (SSSR count). The monoisotopic (exact) mass is 207 g/mol. The molecule has 80 valence electrons. The Labute approximate surface area is 88.7 Å². The van der Waals surface area contributed by atoms with Gasteiger partial charge in [-0.15, -0.1) is 0 Å². The van der Waals surface area contributed by atoms with Gasteiger partial charge in [0.25, 0.3) is 0 Å². The fourth-order valence-corrected chi connectivity index (χ4v) is 2.08. The predicted octanol–water partition coefficient (Wildman–Crippen LogP) is 2.63. The van der Waals surface area contributed by atoms with Gasteiger partial charge in [0.1, 0.15) is 5.82 Å². The summed E-state index contributed by atoms with van der Waals surface area (Å²) in [6, 6.07) is 4.83. The lowest BCUT2D eigenvalue weighted by molar-refractivity contribution is 0.101. The number of benzene rings is 1. The highest BCUT2D eigenvalue weighted by Crippen LogP contribution is 2.26. The van der Waals surface area contributed by atoms with Gasteiger partial charge in [0.2, 0.25) is 0 Å². The van der Waals surface area contributed by atoms with Gasteiger partial charge in [0.15, 0.2) is 5.78 Å². The molecule has 0 unspecified atom stereocenters. The zero-order valence-electron chi connectivity index (χ0n) is 8.79. The van der Waals surface area contributed by atoms with E-state index in [1.165, 1.54) is 13.0 Å². The van der Waals surface area contributed by atoms with Crippen molar-refractivity contribution in [2.24, 2.45) is 0 Å². The van der Waals surface area contributed by atoms with Gasteiger partial charge < -0.3 is 4.90 Å². The highest BCUT2D eigenvalue weighted by atomic mass is 19.1. The number of carbonyl (C=O) groups excluding carboxylic acids is 1. The van der Waals surface area contributed by atoms with E-state index in [4.69, 9.17) is 0 Å². The molecule has 1 aromatic rings. The molecule has 0 radical (unpaired) electrons. The summed E-state index contributed by atoms with van der Waals surface area (Å²) in [7, 11) is 0. The smallest absolute Gasteiger partial charge is 0.164 e. The summed E-state index contributed by atoms with van der Waals surface area (Å²) in [5.74, 6) is -0.609. The van der Waals surface area contributed by atoms with Gasteiger partial charge in [-0.3, -0.25) is 4.79 Å². The molecule has 1 heterocycles. The van der Waals surface area contributed by atoms with Crippen LogP contribution < -0.4 is 4.90 Å². The molecule has 1 aliphatic heterocycles. The number of hydrogen-bond donors (Lipinski definition) is 0. The lowest BCUT2D eigenvalue weighted by Crippen LogP contribution is -2.20. The zero-order chi connectivity index (χ0) is 10.8. The highest BCUT2D eigenvalue weighted by molar-refractivity contribution is 6.00. The molecule has 0 amide bonds. The molecule has 1 fully saturated rings. The molecule has 15 heavy (non-hydrogen) atoms.